The molecule has 3 atom stereocenters. The molecule has 0 spiro atoms. The van der Waals surface area contributed by atoms with E-state index in [9.17, 15) is 4.79 Å². The number of fused-ring (bicyclic) bond motifs is 1. The van der Waals surface area contributed by atoms with Crippen molar-refractivity contribution in [1.82, 2.24) is 4.90 Å². The molecule has 1 saturated carbocycles. The Labute approximate surface area is 103 Å². The smallest absolute Gasteiger partial charge is 0.222 e. The van der Waals surface area contributed by atoms with Gasteiger partial charge in [-0.05, 0) is 37.5 Å². The lowest BCUT2D eigenvalue weighted by Crippen LogP contribution is -2.32. The number of amides is 1. The van der Waals surface area contributed by atoms with Crippen LogP contribution >= 0.6 is 0 Å². The lowest BCUT2D eigenvalue weighted by molar-refractivity contribution is -0.130. The monoisotopic (exact) mass is 240 g/mol. The van der Waals surface area contributed by atoms with E-state index in [4.69, 9.17) is 10.5 Å². The van der Waals surface area contributed by atoms with Gasteiger partial charge in [0.05, 0.1) is 0 Å². The Hall–Kier alpha value is -0.610. The van der Waals surface area contributed by atoms with Gasteiger partial charge in [0.1, 0.15) is 0 Å². The number of hydrogen-bond acceptors (Lipinski definition) is 3. The maximum atomic E-state index is 12.0. The van der Waals surface area contributed by atoms with Crippen molar-refractivity contribution >= 4 is 5.91 Å². The first-order valence-electron chi connectivity index (χ1n) is 6.73. The van der Waals surface area contributed by atoms with Gasteiger partial charge in [-0.3, -0.25) is 4.79 Å². The zero-order valence-electron chi connectivity index (χ0n) is 10.7. The van der Waals surface area contributed by atoms with Crippen molar-refractivity contribution in [3.63, 3.8) is 0 Å². The molecule has 17 heavy (non-hydrogen) atoms. The molecule has 0 bridgehead atoms. The van der Waals surface area contributed by atoms with Crippen LogP contribution in [0, 0.1) is 11.8 Å². The largest absolute Gasteiger partial charge is 0.385 e. The average Bonchev–Trinajstić information content (AvgIpc) is 2.72. The predicted octanol–water partition coefficient (Wildman–Crippen LogP) is 0.999. The van der Waals surface area contributed by atoms with E-state index in [0.717, 1.165) is 32.4 Å². The van der Waals surface area contributed by atoms with Crippen LogP contribution < -0.4 is 5.73 Å². The first kappa shape index (κ1) is 12.8. The van der Waals surface area contributed by atoms with Crippen LogP contribution in [-0.4, -0.2) is 43.7 Å². The van der Waals surface area contributed by atoms with E-state index < -0.39 is 0 Å². The first-order valence-corrected chi connectivity index (χ1v) is 6.73. The molecule has 0 aromatic heterocycles. The molecule has 2 N–H and O–H groups in total. The van der Waals surface area contributed by atoms with Gasteiger partial charge < -0.3 is 15.4 Å². The minimum atomic E-state index is 0.296. The Bertz CT molecular complexity index is 270. The fraction of sp³-hybridized carbons (Fsp3) is 0.923. The van der Waals surface area contributed by atoms with Crippen molar-refractivity contribution in [3.8, 4) is 0 Å². The molecule has 2 fully saturated rings. The number of nitrogens with zero attached hydrogens (tertiary/aromatic N) is 1. The van der Waals surface area contributed by atoms with Crippen molar-refractivity contribution in [3.05, 3.63) is 0 Å². The van der Waals surface area contributed by atoms with Gasteiger partial charge in [-0.1, -0.05) is 0 Å². The quantitative estimate of drug-likeness (QED) is 0.746. The highest BCUT2D eigenvalue weighted by Crippen LogP contribution is 2.35. The number of nitrogens with two attached hydrogens (primary N) is 1. The standard InChI is InChI=1S/C13H24N2O2/c1-17-6-2-3-13(16)15-8-10-4-5-12(14)7-11(10)9-15/h10-12H,2-9,14H2,1H3/t10-,11+,12?/m1/s1. The molecule has 2 aliphatic rings. The molecular weight excluding hydrogens is 216 g/mol. The molecule has 1 aliphatic carbocycles. The number of likely N-dealkylation sites (tertiary alicyclic amines) is 1. The van der Waals surface area contributed by atoms with Crippen molar-refractivity contribution in [2.75, 3.05) is 26.8 Å². The molecule has 4 heteroatoms. The summed E-state index contributed by atoms with van der Waals surface area (Å²) in [5, 5.41) is 0. The summed E-state index contributed by atoms with van der Waals surface area (Å²) >= 11 is 0. The Morgan fingerprint density at radius 3 is 2.88 bits per heavy atom. The Balaban J connectivity index is 1.78. The predicted molar refractivity (Wildman–Crippen MR) is 66.5 cm³/mol. The van der Waals surface area contributed by atoms with Gasteiger partial charge in [-0.25, -0.2) is 0 Å². The van der Waals surface area contributed by atoms with Crippen molar-refractivity contribution in [1.29, 1.82) is 0 Å². The molecule has 0 aromatic rings. The number of carbonyl (C=O) groups excluding carboxylic acids is 1. The molecule has 98 valence electrons. The summed E-state index contributed by atoms with van der Waals surface area (Å²) in [5.41, 5.74) is 5.99. The SMILES string of the molecule is COCCCC(=O)N1C[C@H]2CCC(N)C[C@H]2C1. The normalized spacial score (nSPS) is 32.6. The van der Waals surface area contributed by atoms with Crippen molar-refractivity contribution in [2.24, 2.45) is 17.6 Å². The molecule has 1 amide bonds. The minimum Gasteiger partial charge on any atom is -0.385 e. The van der Waals surface area contributed by atoms with Crippen LogP contribution in [0.4, 0.5) is 0 Å². The number of ether oxygens (including phenoxy) is 1. The highest BCUT2D eigenvalue weighted by Gasteiger charge is 2.38. The summed E-state index contributed by atoms with van der Waals surface area (Å²) in [6.45, 7) is 2.57. The van der Waals surface area contributed by atoms with E-state index >= 15 is 0 Å². The fourth-order valence-corrected chi connectivity index (χ4v) is 3.20. The van der Waals surface area contributed by atoms with Gasteiger partial charge in [0.25, 0.3) is 0 Å². The van der Waals surface area contributed by atoms with Gasteiger partial charge in [0.15, 0.2) is 0 Å². The zero-order valence-corrected chi connectivity index (χ0v) is 10.7. The Morgan fingerprint density at radius 1 is 1.35 bits per heavy atom. The summed E-state index contributed by atoms with van der Waals surface area (Å²) in [4.78, 5) is 14.0. The van der Waals surface area contributed by atoms with Crippen LogP contribution in [0.5, 0.6) is 0 Å². The van der Waals surface area contributed by atoms with Crippen LogP contribution in [0.3, 0.4) is 0 Å². The number of hydrogen-bond donors (Lipinski definition) is 1. The summed E-state index contributed by atoms with van der Waals surface area (Å²) < 4.78 is 4.98. The number of carbonyl (C=O) groups is 1. The summed E-state index contributed by atoms with van der Waals surface area (Å²) in [6.07, 6.45) is 4.90. The first-order chi connectivity index (χ1) is 8.20. The van der Waals surface area contributed by atoms with Gasteiger partial charge >= 0.3 is 0 Å². The van der Waals surface area contributed by atoms with Gasteiger partial charge in [-0.2, -0.15) is 0 Å². The molecule has 1 unspecified atom stereocenters. The molecule has 2 rings (SSSR count). The van der Waals surface area contributed by atoms with E-state index in [1.165, 1.54) is 6.42 Å². The fourth-order valence-electron chi connectivity index (χ4n) is 3.20. The lowest BCUT2D eigenvalue weighted by Gasteiger charge is -2.27. The maximum Gasteiger partial charge on any atom is 0.222 e. The van der Waals surface area contributed by atoms with E-state index in [1.807, 2.05) is 4.90 Å². The lowest BCUT2D eigenvalue weighted by atomic mass is 9.79. The highest BCUT2D eigenvalue weighted by molar-refractivity contribution is 5.76. The van der Waals surface area contributed by atoms with Crippen molar-refractivity contribution < 1.29 is 9.53 Å². The topological polar surface area (TPSA) is 55.6 Å². The van der Waals surface area contributed by atoms with Gasteiger partial charge in [0.2, 0.25) is 5.91 Å². The van der Waals surface area contributed by atoms with Crippen LogP contribution in [0.25, 0.3) is 0 Å². The summed E-state index contributed by atoms with van der Waals surface area (Å²) in [6, 6.07) is 0.361. The molecular formula is C13H24N2O2. The molecule has 1 aliphatic heterocycles. The van der Waals surface area contributed by atoms with Gasteiger partial charge in [0, 0.05) is 39.3 Å². The van der Waals surface area contributed by atoms with E-state index in [2.05, 4.69) is 0 Å². The molecule has 4 nitrogen and oxygen atoms in total. The summed E-state index contributed by atoms with van der Waals surface area (Å²) in [5.74, 6) is 1.66. The van der Waals surface area contributed by atoms with E-state index in [-0.39, 0.29) is 0 Å². The van der Waals surface area contributed by atoms with E-state index in [0.29, 0.717) is 36.8 Å². The third-order valence-corrected chi connectivity index (χ3v) is 4.18. The van der Waals surface area contributed by atoms with Crippen LogP contribution in [0.15, 0.2) is 0 Å². The third kappa shape index (κ3) is 3.19. The Kier molecular flexibility index (Phi) is 4.40. The third-order valence-electron chi connectivity index (χ3n) is 4.18. The average molecular weight is 240 g/mol. The van der Waals surface area contributed by atoms with Crippen molar-refractivity contribution in [2.45, 2.75) is 38.1 Å². The van der Waals surface area contributed by atoms with Crippen LogP contribution in [0.1, 0.15) is 32.1 Å². The Morgan fingerprint density at radius 2 is 2.12 bits per heavy atom. The van der Waals surface area contributed by atoms with E-state index in [1.54, 1.807) is 7.11 Å². The maximum absolute atomic E-state index is 12.0. The molecule has 1 heterocycles. The molecule has 1 saturated heterocycles. The second-order valence-corrected chi connectivity index (χ2v) is 5.49. The second-order valence-electron chi connectivity index (χ2n) is 5.49. The highest BCUT2D eigenvalue weighted by atomic mass is 16.5. The molecule has 0 aromatic carbocycles. The zero-order chi connectivity index (χ0) is 12.3. The van der Waals surface area contributed by atoms with Gasteiger partial charge in [-0.15, -0.1) is 0 Å². The minimum absolute atomic E-state index is 0.296. The second kappa shape index (κ2) is 5.83. The summed E-state index contributed by atoms with van der Waals surface area (Å²) in [7, 11) is 1.68. The molecule has 0 radical (unpaired) electrons. The number of rotatable bonds is 4. The van der Waals surface area contributed by atoms with Crippen LogP contribution in [-0.2, 0) is 9.53 Å². The van der Waals surface area contributed by atoms with Crippen LogP contribution in [0.2, 0.25) is 0 Å². The number of methoxy groups -OCH3 is 1.